The van der Waals surface area contributed by atoms with Crippen molar-refractivity contribution in [1.29, 1.82) is 0 Å². The molecule has 3 heterocycles. The lowest BCUT2D eigenvalue weighted by Gasteiger charge is -2.28. The summed E-state index contributed by atoms with van der Waals surface area (Å²) in [5.41, 5.74) is 1.29. The molecular weight excluding hydrogens is 242 g/mol. The van der Waals surface area contributed by atoms with E-state index in [9.17, 15) is 5.11 Å². The highest BCUT2D eigenvalue weighted by molar-refractivity contribution is 5.11. The Hall–Kier alpha value is -0.910. The van der Waals surface area contributed by atoms with Gasteiger partial charge >= 0.3 is 0 Å². The van der Waals surface area contributed by atoms with Gasteiger partial charge in [0.1, 0.15) is 5.82 Å². The summed E-state index contributed by atoms with van der Waals surface area (Å²) < 4.78 is 7.65. The van der Waals surface area contributed by atoms with Crippen LogP contribution in [0.5, 0.6) is 0 Å². The van der Waals surface area contributed by atoms with Gasteiger partial charge in [-0.3, -0.25) is 4.90 Å². The predicted molar refractivity (Wildman–Crippen MR) is 72.3 cm³/mol. The van der Waals surface area contributed by atoms with E-state index >= 15 is 0 Å². The summed E-state index contributed by atoms with van der Waals surface area (Å²) in [5, 5.41) is 9.52. The average Bonchev–Trinajstić information content (AvgIpc) is 2.89. The van der Waals surface area contributed by atoms with Crippen molar-refractivity contribution < 1.29 is 9.84 Å². The lowest BCUT2D eigenvalue weighted by atomic mass is 10.0. The number of aliphatic hydroxyl groups excluding tert-OH is 1. The summed E-state index contributed by atoms with van der Waals surface area (Å²) >= 11 is 0. The van der Waals surface area contributed by atoms with Crippen LogP contribution >= 0.6 is 0 Å². The van der Waals surface area contributed by atoms with E-state index in [1.807, 2.05) is 6.20 Å². The minimum atomic E-state index is 0.230. The van der Waals surface area contributed by atoms with Crippen molar-refractivity contribution >= 4 is 0 Å². The molecule has 0 aromatic carbocycles. The van der Waals surface area contributed by atoms with Crippen LogP contribution in [0.4, 0.5) is 0 Å². The molecular formula is C14H23N3O2. The lowest BCUT2D eigenvalue weighted by Crippen LogP contribution is -2.38. The molecule has 0 radical (unpaired) electrons. The van der Waals surface area contributed by atoms with E-state index in [1.54, 1.807) is 0 Å². The first-order valence-electron chi connectivity index (χ1n) is 7.34. The van der Waals surface area contributed by atoms with E-state index in [0.29, 0.717) is 0 Å². The number of hydrogen-bond donors (Lipinski definition) is 1. The highest BCUT2D eigenvalue weighted by Crippen LogP contribution is 2.26. The highest BCUT2D eigenvalue weighted by atomic mass is 16.5. The molecule has 0 saturated carbocycles. The topological polar surface area (TPSA) is 50.5 Å². The van der Waals surface area contributed by atoms with Gasteiger partial charge in [0.25, 0.3) is 0 Å². The number of aryl methyl sites for hydroxylation is 1. The van der Waals surface area contributed by atoms with E-state index in [-0.39, 0.29) is 12.6 Å². The Bertz CT molecular complexity index is 413. The van der Waals surface area contributed by atoms with Gasteiger partial charge in [0.05, 0.1) is 25.9 Å². The van der Waals surface area contributed by atoms with Crippen LogP contribution in [0.1, 0.15) is 30.4 Å². The van der Waals surface area contributed by atoms with Gasteiger partial charge < -0.3 is 14.4 Å². The molecule has 0 spiro atoms. The molecule has 1 aromatic rings. The Morgan fingerprint density at radius 3 is 3.00 bits per heavy atom. The van der Waals surface area contributed by atoms with E-state index in [2.05, 4.69) is 14.5 Å². The Morgan fingerprint density at radius 2 is 2.21 bits per heavy atom. The average molecular weight is 265 g/mol. The zero-order chi connectivity index (χ0) is 13.1. The molecule has 1 fully saturated rings. The number of ether oxygens (including phenoxy) is 1. The lowest BCUT2D eigenvalue weighted by molar-refractivity contribution is 0.0380. The zero-order valence-corrected chi connectivity index (χ0v) is 11.4. The number of hydrogen-bond acceptors (Lipinski definition) is 4. The van der Waals surface area contributed by atoms with Crippen LogP contribution in [0.3, 0.4) is 0 Å². The Morgan fingerprint density at radius 1 is 1.37 bits per heavy atom. The van der Waals surface area contributed by atoms with Crippen LogP contribution in [-0.4, -0.2) is 59.0 Å². The number of nitrogens with zero attached hydrogens (tertiary/aromatic N) is 3. The maximum atomic E-state index is 9.52. The first-order chi connectivity index (χ1) is 9.38. The molecule has 1 atom stereocenters. The summed E-state index contributed by atoms with van der Waals surface area (Å²) in [6.45, 7) is 5.01. The standard InChI is InChI=1S/C14H23N3O2/c18-11-13-3-1-2-12-10-15-14(17(12)13)4-5-16-6-8-19-9-7-16/h10,13,18H,1-9,11H2. The third-order valence-electron chi connectivity index (χ3n) is 4.25. The smallest absolute Gasteiger partial charge is 0.110 e. The predicted octanol–water partition coefficient (Wildman–Crippen LogP) is 0.627. The van der Waals surface area contributed by atoms with Gasteiger partial charge in [0.2, 0.25) is 0 Å². The van der Waals surface area contributed by atoms with Crippen molar-refractivity contribution in [3.63, 3.8) is 0 Å². The SMILES string of the molecule is OCC1CCCc2cnc(CCN3CCOCC3)n21. The van der Waals surface area contributed by atoms with Gasteiger partial charge in [0.15, 0.2) is 0 Å². The Kier molecular flexibility index (Phi) is 4.15. The van der Waals surface area contributed by atoms with Gasteiger partial charge in [0, 0.05) is 37.9 Å². The van der Waals surface area contributed by atoms with Crippen LogP contribution < -0.4 is 0 Å². The van der Waals surface area contributed by atoms with Crippen LogP contribution in [0.15, 0.2) is 6.20 Å². The number of rotatable bonds is 4. The summed E-state index contributed by atoms with van der Waals surface area (Å²) in [5.74, 6) is 1.14. The normalized spacial score (nSPS) is 24.4. The van der Waals surface area contributed by atoms with Gasteiger partial charge in [-0.2, -0.15) is 0 Å². The van der Waals surface area contributed by atoms with Crippen LogP contribution in [0.25, 0.3) is 0 Å². The van der Waals surface area contributed by atoms with E-state index < -0.39 is 0 Å². The second kappa shape index (κ2) is 6.03. The number of morpholine rings is 1. The summed E-state index contributed by atoms with van der Waals surface area (Å²) in [7, 11) is 0. The fourth-order valence-electron chi connectivity index (χ4n) is 3.16. The van der Waals surface area contributed by atoms with Gasteiger partial charge in [-0.15, -0.1) is 0 Å². The zero-order valence-electron chi connectivity index (χ0n) is 11.4. The van der Waals surface area contributed by atoms with Crippen LogP contribution in [-0.2, 0) is 17.6 Å². The van der Waals surface area contributed by atoms with Crippen molar-refractivity contribution in [2.24, 2.45) is 0 Å². The maximum absolute atomic E-state index is 9.52. The fraction of sp³-hybridized carbons (Fsp3) is 0.786. The van der Waals surface area contributed by atoms with Crippen molar-refractivity contribution in [1.82, 2.24) is 14.5 Å². The fourth-order valence-corrected chi connectivity index (χ4v) is 3.16. The van der Waals surface area contributed by atoms with E-state index in [0.717, 1.165) is 57.9 Å². The molecule has 1 N–H and O–H groups in total. The second-order valence-corrected chi connectivity index (χ2v) is 5.47. The van der Waals surface area contributed by atoms with Gasteiger partial charge in [-0.05, 0) is 19.3 Å². The number of aliphatic hydroxyl groups is 1. The maximum Gasteiger partial charge on any atom is 0.110 e. The van der Waals surface area contributed by atoms with E-state index in [1.165, 1.54) is 12.1 Å². The highest BCUT2D eigenvalue weighted by Gasteiger charge is 2.22. The van der Waals surface area contributed by atoms with Crippen LogP contribution in [0.2, 0.25) is 0 Å². The molecule has 1 unspecified atom stereocenters. The number of fused-ring (bicyclic) bond motifs is 1. The molecule has 5 heteroatoms. The van der Waals surface area contributed by atoms with Crippen molar-refractivity contribution in [2.45, 2.75) is 31.7 Å². The third kappa shape index (κ3) is 2.83. The number of aromatic nitrogens is 2. The summed E-state index contributed by atoms with van der Waals surface area (Å²) in [6.07, 6.45) is 6.30. The Labute approximate surface area is 114 Å². The minimum absolute atomic E-state index is 0.230. The molecule has 3 rings (SSSR count). The second-order valence-electron chi connectivity index (χ2n) is 5.47. The monoisotopic (exact) mass is 265 g/mol. The van der Waals surface area contributed by atoms with Gasteiger partial charge in [-0.1, -0.05) is 0 Å². The van der Waals surface area contributed by atoms with Crippen LogP contribution in [0, 0.1) is 0 Å². The molecule has 0 bridgehead atoms. The largest absolute Gasteiger partial charge is 0.394 e. The molecule has 1 saturated heterocycles. The molecule has 2 aliphatic heterocycles. The quantitative estimate of drug-likeness (QED) is 0.867. The molecule has 0 aliphatic carbocycles. The van der Waals surface area contributed by atoms with Crippen molar-refractivity contribution in [2.75, 3.05) is 39.5 Å². The van der Waals surface area contributed by atoms with Gasteiger partial charge in [-0.25, -0.2) is 4.98 Å². The first-order valence-corrected chi connectivity index (χ1v) is 7.34. The van der Waals surface area contributed by atoms with Crippen molar-refractivity contribution in [3.8, 4) is 0 Å². The third-order valence-corrected chi connectivity index (χ3v) is 4.25. The molecule has 2 aliphatic rings. The molecule has 5 nitrogen and oxygen atoms in total. The Balaban J connectivity index is 1.66. The molecule has 1 aromatic heterocycles. The summed E-state index contributed by atoms with van der Waals surface area (Å²) in [4.78, 5) is 7.01. The van der Waals surface area contributed by atoms with Crippen molar-refractivity contribution in [3.05, 3.63) is 17.7 Å². The van der Waals surface area contributed by atoms with E-state index in [4.69, 9.17) is 4.74 Å². The first kappa shape index (κ1) is 13.1. The summed E-state index contributed by atoms with van der Waals surface area (Å²) in [6, 6.07) is 0.242. The molecule has 0 amide bonds. The molecule has 106 valence electrons. The minimum Gasteiger partial charge on any atom is -0.394 e. The number of imidazole rings is 1. The molecule has 19 heavy (non-hydrogen) atoms.